The SMILES string of the molecule is CC(=O)N[C@@H](COCc1ccccc1)C(=O)N[C@H](CCc1ccccc1)C(=O)N[C@H](Cc1ccc(C(F)(F)F)cc1)C(=O)NO. The Morgan fingerprint density at radius 1 is 0.711 bits per heavy atom. The van der Waals surface area contributed by atoms with Gasteiger partial charge in [0.15, 0.2) is 0 Å². The second-order valence-corrected chi connectivity index (χ2v) is 10.3. The number of hydrogen-bond acceptors (Lipinski definition) is 6. The fourth-order valence-corrected chi connectivity index (χ4v) is 4.42. The molecular formula is C32H35F3N4O6. The van der Waals surface area contributed by atoms with Gasteiger partial charge in [0, 0.05) is 13.3 Å². The third-order valence-corrected chi connectivity index (χ3v) is 6.75. The first-order chi connectivity index (χ1) is 21.5. The molecule has 0 aliphatic carbocycles. The minimum atomic E-state index is -4.56. The van der Waals surface area contributed by atoms with Gasteiger partial charge < -0.3 is 20.7 Å². The number of amides is 4. The Hall–Kier alpha value is -4.75. The van der Waals surface area contributed by atoms with E-state index in [4.69, 9.17) is 4.74 Å². The molecule has 3 aromatic rings. The monoisotopic (exact) mass is 628 g/mol. The quantitative estimate of drug-likeness (QED) is 0.129. The van der Waals surface area contributed by atoms with Crippen LogP contribution in [0.1, 0.15) is 35.6 Å². The van der Waals surface area contributed by atoms with Gasteiger partial charge in [-0.2, -0.15) is 13.2 Å². The molecule has 0 heterocycles. The summed E-state index contributed by atoms with van der Waals surface area (Å²) in [6.07, 6.45) is -4.37. The van der Waals surface area contributed by atoms with Crippen molar-refractivity contribution in [3.05, 3.63) is 107 Å². The average molecular weight is 629 g/mol. The molecule has 0 fully saturated rings. The predicted octanol–water partition coefficient (Wildman–Crippen LogP) is 3.08. The molecule has 4 amide bonds. The molecule has 13 heteroatoms. The number of carbonyl (C=O) groups excluding carboxylic acids is 4. The standard InChI is InChI=1S/C32H35F3N4O6/c1-21(40)36-28(20-45-19-24-10-6-3-7-11-24)30(42)37-26(17-14-22-8-4-2-5-9-22)29(41)38-27(31(43)39-44)18-23-12-15-25(16-13-23)32(33,34)35/h2-13,15-16,26-28,44H,14,17-20H2,1H3,(H,36,40)(H,37,42)(H,38,41)(H,39,43)/t26-,27-,28+/m1/s1. The zero-order chi connectivity index (χ0) is 32.8. The van der Waals surface area contributed by atoms with Crippen molar-refractivity contribution in [2.45, 2.75) is 57.1 Å². The van der Waals surface area contributed by atoms with Crippen LogP contribution in [0.3, 0.4) is 0 Å². The van der Waals surface area contributed by atoms with E-state index in [1.807, 2.05) is 60.7 Å². The van der Waals surface area contributed by atoms with E-state index in [-0.39, 0.29) is 31.6 Å². The maximum absolute atomic E-state index is 13.5. The highest BCUT2D eigenvalue weighted by Gasteiger charge is 2.32. The van der Waals surface area contributed by atoms with Crippen molar-refractivity contribution in [1.82, 2.24) is 21.4 Å². The van der Waals surface area contributed by atoms with E-state index < -0.39 is 53.5 Å². The highest BCUT2D eigenvalue weighted by Crippen LogP contribution is 2.29. The fraction of sp³-hybridized carbons (Fsp3) is 0.312. The summed E-state index contributed by atoms with van der Waals surface area (Å²) >= 11 is 0. The molecule has 0 aliphatic heterocycles. The van der Waals surface area contributed by atoms with Crippen LogP contribution in [0.15, 0.2) is 84.9 Å². The van der Waals surface area contributed by atoms with Crippen molar-refractivity contribution < 1.29 is 42.3 Å². The molecule has 3 rings (SSSR count). The van der Waals surface area contributed by atoms with Crippen molar-refractivity contribution in [1.29, 1.82) is 0 Å². The third-order valence-electron chi connectivity index (χ3n) is 6.75. The van der Waals surface area contributed by atoms with Crippen LogP contribution in [0.5, 0.6) is 0 Å². The van der Waals surface area contributed by atoms with Crippen LogP contribution in [0.2, 0.25) is 0 Å². The molecule has 0 aromatic heterocycles. The smallest absolute Gasteiger partial charge is 0.374 e. The lowest BCUT2D eigenvalue weighted by Gasteiger charge is -2.25. The summed E-state index contributed by atoms with van der Waals surface area (Å²) in [5.74, 6) is -3.01. The zero-order valence-corrected chi connectivity index (χ0v) is 24.5. The summed E-state index contributed by atoms with van der Waals surface area (Å²) in [5.41, 5.74) is 2.56. The molecular weight excluding hydrogens is 593 g/mol. The Kier molecular flexibility index (Phi) is 13.1. The number of ether oxygens (including phenoxy) is 1. The highest BCUT2D eigenvalue weighted by atomic mass is 19.4. The summed E-state index contributed by atoms with van der Waals surface area (Å²) < 4.78 is 44.6. The van der Waals surface area contributed by atoms with Crippen LogP contribution >= 0.6 is 0 Å². The van der Waals surface area contributed by atoms with Gasteiger partial charge in [-0.1, -0.05) is 72.8 Å². The normalized spacial score (nSPS) is 13.2. The van der Waals surface area contributed by atoms with Crippen molar-refractivity contribution in [3.63, 3.8) is 0 Å². The van der Waals surface area contributed by atoms with Crippen LogP contribution in [-0.4, -0.2) is 53.6 Å². The van der Waals surface area contributed by atoms with Gasteiger partial charge in [0.1, 0.15) is 18.1 Å². The lowest BCUT2D eigenvalue weighted by atomic mass is 10.0. The molecule has 0 bridgehead atoms. The van der Waals surface area contributed by atoms with Crippen molar-refractivity contribution in [3.8, 4) is 0 Å². The number of halogens is 3. The molecule has 0 saturated carbocycles. The molecule has 0 radical (unpaired) electrons. The van der Waals surface area contributed by atoms with E-state index in [1.54, 1.807) is 0 Å². The maximum atomic E-state index is 13.5. The van der Waals surface area contributed by atoms with Gasteiger partial charge in [0.2, 0.25) is 17.7 Å². The van der Waals surface area contributed by atoms with Crippen molar-refractivity contribution in [2.75, 3.05) is 6.61 Å². The van der Waals surface area contributed by atoms with Gasteiger partial charge in [-0.3, -0.25) is 24.4 Å². The lowest BCUT2D eigenvalue weighted by molar-refractivity contribution is -0.137. The molecule has 0 unspecified atom stereocenters. The summed E-state index contributed by atoms with van der Waals surface area (Å²) in [7, 11) is 0. The van der Waals surface area contributed by atoms with Gasteiger partial charge >= 0.3 is 6.18 Å². The third kappa shape index (κ3) is 11.7. The topological polar surface area (TPSA) is 146 Å². The molecule has 10 nitrogen and oxygen atoms in total. The molecule has 0 spiro atoms. The number of carbonyl (C=O) groups is 4. The Bertz CT molecular complexity index is 1410. The zero-order valence-electron chi connectivity index (χ0n) is 24.5. The number of aryl methyl sites for hydroxylation is 1. The van der Waals surface area contributed by atoms with Gasteiger partial charge in [0.05, 0.1) is 18.8 Å². The average Bonchev–Trinajstić information content (AvgIpc) is 3.02. The molecule has 3 aromatic carbocycles. The number of rotatable bonds is 15. The maximum Gasteiger partial charge on any atom is 0.416 e. The first-order valence-corrected chi connectivity index (χ1v) is 14.1. The molecule has 240 valence electrons. The lowest BCUT2D eigenvalue weighted by Crippen LogP contribution is -2.57. The molecule has 0 aliphatic rings. The van der Waals surface area contributed by atoms with E-state index in [1.165, 1.54) is 12.4 Å². The predicted molar refractivity (Wildman–Crippen MR) is 157 cm³/mol. The van der Waals surface area contributed by atoms with Crippen LogP contribution in [0.25, 0.3) is 0 Å². The number of hydrogen-bond donors (Lipinski definition) is 5. The van der Waals surface area contributed by atoms with Crippen molar-refractivity contribution in [2.24, 2.45) is 0 Å². The molecule has 3 atom stereocenters. The number of alkyl halides is 3. The fourth-order valence-electron chi connectivity index (χ4n) is 4.42. The van der Waals surface area contributed by atoms with Crippen LogP contribution in [0, 0.1) is 0 Å². The summed E-state index contributed by atoms with van der Waals surface area (Å²) in [6.45, 7) is 1.21. The molecule has 45 heavy (non-hydrogen) atoms. The molecule has 5 N–H and O–H groups in total. The van der Waals surface area contributed by atoms with Crippen molar-refractivity contribution >= 4 is 23.6 Å². The van der Waals surface area contributed by atoms with Crippen LogP contribution < -0.4 is 21.4 Å². The van der Waals surface area contributed by atoms with Crippen LogP contribution in [0.4, 0.5) is 13.2 Å². The number of benzene rings is 3. The minimum absolute atomic E-state index is 0.0903. The summed E-state index contributed by atoms with van der Waals surface area (Å²) in [6, 6.07) is 18.5. The Balaban J connectivity index is 1.76. The van der Waals surface area contributed by atoms with Gasteiger partial charge in [-0.15, -0.1) is 0 Å². The van der Waals surface area contributed by atoms with Gasteiger partial charge in [-0.05, 0) is 41.7 Å². The number of hydroxylamine groups is 1. The first kappa shape index (κ1) is 34.7. The van der Waals surface area contributed by atoms with E-state index in [2.05, 4.69) is 16.0 Å². The Labute approximate surface area is 258 Å². The summed E-state index contributed by atoms with van der Waals surface area (Å²) in [4.78, 5) is 51.2. The molecule has 0 saturated heterocycles. The van der Waals surface area contributed by atoms with E-state index in [0.29, 0.717) is 6.42 Å². The Morgan fingerprint density at radius 3 is 1.82 bits per heavy atom. The van der Waals surface area contributed by atoms with Crippen LogP contribution in [-0.2, 0) is 49.5 Å². The van der Waals surface area contributed by atoms with E-state index in [0.717, 1.165) is 35.4 Å². The second kappa shape index (κ2) is 16.9. The van der Waals surface area contributed by atoms with Gasteiger partial charge in [-0.25, -0.2) is 5.48 Å². The minimum Gasteiger partial charge on any atom is -0.374 e. The number of nitrogens with one attached hydrogen (secondary N) is 4. The van der Waals surface area contributed by atoms with E-state index >= 15 is 0 Å². The largest absolute Gasteiger partial charge is 0.416 e. The summed E-state index contributed by atoms with van der Waals surface area (Å²) in [5, 5.41) is 16.9. The Morgan fingerprint density at radius 2 is 1.27 bits per heavy atom. The van der Waals surface area contributed by atoms with E-state index in [9.17, 15) is 37.6 Å². The first-order valence-electron chi connectivity index (χ1n) is 14.1. The second-order valence-electron chi connectivity index (χ2n) is 10.3. The van der Waals surface area contributed by atoms with Gasteiger partial charge in [0.25, 0.3) is 5.91 Å². The highest BCUT2D eigenvalue weighted by molar-refractivity contribution is 5.94.